The number of anilines is 1. The van der Waals surface area contributed by atoms with Crippen molar-refractivity contribution < 1.29 is 28.6 Å². The van der Waals surface area contributed by atoms with Crippen LogP contribution in [0.1, 0.15) is 24.2 Å². The molecule has 1 N–H and O–H groups in total. The normalized spacial score (nSPS) is 10.0. The number of hydrogen-bond acceptors (Lipinski definition) is 6. The topological polar surface area (TPSA) is 90.9 Å². The summed E-state index contributed by atoms with van der Waals surface area (Å²) in [5, 5.41) is 2.57. The molecule has 0 aliphatic carbocycles. The minimum absolute atomic E-state index is 0.0608. The van der Waals surface area contributed by atoms with Crippen LogP contribution >= 0.6 is 0 Å². The highest BCUT2D eigenvalue weighted by molar-refractivity contribution is 5.96. The van der Waals surface area contributed by atoms with E-state index in [9.17, 15) is 14.4 Å². The van der Waals surface area contributed by atoms with Crippen molar-refractivity contribution in [3.63, 3.8) is 0 Å². The first-order valence-corrected chi connectivity index (χ1v) is 8.40. The van der Waals surface area contributed by atoms with E-state index in [4.69, 9.17) is 14.2 Å². The Bertz CT molecular complexity index is 783. The lowest BCUT2D eigenvalue weighted by Crippen LogP contribution is -2.23. The Balaban J connectivity index is 1.71. The first kappa shape index (κ1) is 20.0. The van der Waals surface area contributed by atoms with Crippen LogP contribution in [-0.2, 0) is 14.3 Å². The van der Waals surface area contributed by atoms with Crippen LogP contribution in [0.4, 0.5) is 5.69 Å². The Morgan fingerprint density at radius 2 is 1.44 bits per heavy atom. The number of Topliss-reactive ketones (excluding diaryl/α,β-unsaturated/α-hetero) is 1. The van der Waals surface area contributed by atoms with Gasteiger partial charge < -0.3 is 19.5 Å². The van der Waals surface area contributed by atoms with Crippen LogP contribution in [0.25, 0.3) is 0 Å². The van der Waals surface area contributed by atoms with E-state index < -0.39 is 18.5 Å². The molecule has 2 rings (SSSR count). The fourth-order valence-electron chi connectivity index (χ4n) is 2.11. The highest BCUT2D eigenvalue weighted by atomic mass is 16.6. The van der Waals surface area contributed by atoms with Crippen molar-refractivity contribution in [1.29, 1.82) is 0 Å². The van der Waals surface area contributed by atoms with Gasteiger partial charge in [0.25, 0.3) is 5.91 Å². The monoisotopic (exact) mass is 371 g/mol. The van der Waals surface area contributed by atoms with Crippen molar-refractivity contribution in [2.24, 2.45) is 0 Å². The van der Waals surface area contributed by atoms with E-state index in [-0.39, 0.29) is 12.4 Å². The van der Waals surface area contributed by atoms with Crippen LogP contribution in [0.15, 0.2) is 48.5 Å². The quantitative estimate of drug-likeness (QED) is 0.538. The number of carbonyl (C=O) groups excluding carboxylic acids is 3. The average Bonchev–Trinajstić information content (AvgIpc) is 2.66. The maximum absolute atomic E-state index is 11.8. The van der Waals surface area contributed by atoms with Crippen molar-refractivity contribution in [1.82, 2.24) is 0 Å². The summed E-state index contributed by atoms with van der Waals surface area (Å²) in [6, 6.07) is 13.2. The summed E-state index contributed by atoms with van der Waals surface area (Å²) < 4.78 is 15.5. The molecule has 0 unspecified atom stereocenters. The van der Waals surface area contributed by atoms with E-state index in [1.54, 1.807) is 48.5 Å². The summed E-state index contributed by atoms with van der Waals surface area (Å²) in [5.74, 6) is -0.00820. The summed E-state index contributed by atoms with van der Waals surface area (Å²) in [6.07, 6.45) is 0. The SMILES string of the molecule is CCOc1ccc(OCC(=O)OCC(=O)Nc2ccc(C(C)=O)cc2)cc1. The third kappa shape index (κ3) is 6.81. The van der Waals surface area contributed by atoms with Gasteiger partial charge in [-0.2, -0.15) is 0 Å². The van der Waals surface area contributed by atoms with Crippen molar-refractivity contribution in [3.05, 3.63) is 54.1 Å². The molecule has 2 aromatic rings. The van der Waals surface area contributed by atoms with Gasteiger partial charge in [0, 0.05) is 11.3 Å². The predicted octanol–water partition coefficient (Wildman–Crippen LogP) is 2.85. The number of amides is 1. The Labute approximate surface area is 157 Å². The molecular formula is C20H21NO6. The number of benzene rings is 2. The van der Waals surface area contributed by atoms with Crippen LogP contribution in [0.2, 0.25) is 0 Å². The number of carbonyl (C=O) groups is 3. The fourth-order valence-corrected chi connectivity index (χ4v) is 2.11. The van der Waals surface area contributed by atoms with Gasteiger partial charge in [-0.3, -0.25) is 9.59 Å². The summed E-state index contributed by atoms with van der Waals surface area (Å²) in [4.78, 5) is 34.7. The number of rotatable bonds is 9. The van der Waals surface area contributed by atoms with Gasteiger partial charge in [0.1, 0.15) is 11.5 Å². The van der Waals surface area contributed by atoms with Gasteiger partial charge in [-0.15, -0.1) is 0 Å². The first-order valence-electron chi connectivity index (χ1n) is 8.40. The second-order valence-corrected chi connectivity index (χ2v) is 5.54. The number of ketones is 1. The van der Waals surface area contributed by atoms with Crippen LogP contribution in [0.5, 0.6) is 11.5 Å². The summed E-state index contributed by atoms with van der Waals surface area (Å²) >= 11 is 0. The van der Waals surface area contributed by atoms with Crippen LogP contribution in [0, 0.1) is 0 Å². The Morgan fingerprint density at radius 1 is 0.852 bits per heavy atom. The highest BCUT2D eigenvalue weighted by Crippen LogP contribution is 2.17. The van der Waals surface area contributed by atoms with E-state index in [0.29, 0.717) is 29.4 Å². The van der Waals surface area contributed by atoms with E-state index >= 15 is 0 Å². The molecule has 7 nitrogen and oxygen atoms in total. The molecule has 142 valence electrons. The van der Waals surface area contributed by atoms with Crippen LogP contribution in [0.3, 0.4) is 0 Å². The molecule has 7 heteroatoms. The Kier molecular flexibility index (Phi) is 7.37. The van der Waals surface area contributed by atoms with Crippen molar-refractivity contribution >= 4 is 23.3 Å². The molecule has 0 aromatic heterocycles. The lowest BCUT2D eigenvalue weighted by molar-refractivity contribution is -0.149. The average molecular weight is 371 g/mol. The van der Waals surface area contributed by atoms with Gasteiger partial charge in [0.05, 0.1) is 6.61 Å². The molecule has 0 saturated carbocycles. The largest absolute Gasteiger partial charge is 0.494 e. The van der Waals surface area contributed by atoms with Gasteiger partial charge in [-0.25, -0.2) is 4.79 Å². The van der Waals surface area contributed by atoms with Gasteiger partial charge >= 0.3 is 5.97 Å². The highest BCUT2D eigenvalue weighted by Gasteiger charge is 2.09. The number of nitrogens with one attached hydrogen (secondary N) is 1. The standard InChI is InChI=1S/C20H21NO6/c1-3-25-17-8-10-18(11-9-17)26-13-20(24)27-12-19(23)21-16-6-4-15(5-7-16)14(2)22/h4-11H,3,12-13H2,1-2H3,(H,21,23). The summed E-state index contributed by atoms with van der Waals surface area (Å²) in [5.41, 5.74) is 1.05. The van der Waals surface area contributed by atoms with E-state index in [2.05, 4.69) is 5.32 Å². The minimum Gasteiger partial charge on any atom is -0.494 e. The van der Waals surface area contributed by atoms with Crippen molar-refractivity contribution in [2.75, 3.05) is 25.1 Å². The maximum atomic E-state index is 11.8. The molecule has 0 spiro atoms. The van der Waals surface area contributed by atoms with E-state index in [0.717, 1.165) is 0 Å². The minimum atomic E-state index is -0.661. The zero-order chi connectivity index (χ0) is 19.6. The van der Waals surface area contributed by atoms with Crippen molar-refractivity contribution in [2.45, 2.75) is 13.8 Å². The number of ether oxygens (including phenoxy) is 3. The lowest BCUT2D eigenvalue weighted by atomic mass is 10.1. The molecule has 0 heterocycles. The zero-order valence-electron chi connectivity index (χ0n) is 15.2. The molecule has 2 aromatic carbocycles. The van der Waals surface area contributed by atoms with E-state index in [1.807, 2.05) is 6.92 Å². The predicted molar refractivity (Wildman–Crippen MR) is 99.1 cm³/mol. The summed E-state index contributed by atoms with van der Waals surface area (Å²) in [6.45, 7) is 3.17. The second-order valence-electron chi connectivity index (χ2n) is 5.54. The maximum Gasteiger partial charge on any atom is 0.344 e. The van der Waals surface area contributed by atoms with Crippen LogP contribution < -0.4 is 14.8 Å². The fraction of sp³-hybridized carbons (Fsp3) is 0.250. The van der Waals surface area contributed by atoms with Gasteiger partial charge in [-0.05, 0) is 62.4 Å². The third-order valence-electron chi connectivity index (χ3n) is 3.43. The van der Waals surface area contributed by atoms with Gasteiger partial charge in [-0.1, -0.05) is 0 Å². The Morgan fingerprint density at radius 3 is 2.00 bits per heavy atom. The lowest BCUT2D eigenvalue weighted by Gasteiger charge is -2.09. The van der Waals surface area contributed by atoms with Gasteiger partial charge in [0.15, 0.2) is 19.0 Å². The molecule has 27 heavy (non-hydrogen) atoms. The molecule has 0 radical (unpaired) electrons. The molecule has 0 aliphatic rings. The molecular weight excluding hydrogens is 350 g/mol. The number of esters is 1. The molecule has 0 saturated heterocycles. The molecule has 0 bridgehead atoms. The van der Waals surface area contributed by atoms with Gasteiger partial charge in [0.2, 0.25) is 0 Å². The smallest absolute Gasteiger partial charge is 0.344 e. The van der Waals surface area contributed by atoms with Crippen LogP contribution in [-0.4, -0.2) is 37.5 Å². The Hall–Kier alpha value is -3.35. The third-order valence-corrected chi connectivity index (χ3v) is 3.43. The summed E-state index contributed by atoms with van der Waals surface area (Å²) in [7, 11) is 0. The number of hydrogen-bond donors (Lipinski definition) is 1. The first-order chi connectivity index (χ1) is 13.0. The molecule has 0 aliphatic heterocycles. The second kappa shape index (κ2) is 9.96. The molecule has 0 atom stereocenters. The molecule has 0 fully saturated rings. The zero-order valence-corrected chi connectivity index (χ0v) is 15.2. The van der Waals surface area contributed by atoms with E-state index in [1.165, 1.54) is 6.92 Å². The molecule has 1 amide bonds. The van der Waals surface area contributed by atoms with Crippen molar-refractivity contribution in [3.8, 4) is 11.5 Å².